The standard InChI is InChI=1S/C15H13FN2O3/c16-11-4-5-13(17-9-11)14(19)18-12-3-1-2-10(8-12)15-20-6-7-21-15/h1-5,8-9,15H,6-7H2,(H,18,19). The zero-order valence-corrected chi connectivity index (χ0v) is 11.1. The molecule has 1 amide bonds. The molecule has 108 valence electrons. The Morgan fingerprint density at radius 1 is 1.24 bits per heavy atom. The summed E-state index contributed by atoms with van der Waals surface area (Å²) >= 11 is 0. The van der Waals surface area contributed by atoms with Gasteiger partial charge in [0.25, 0.3) is 5.91 Å². The number of ether oxygens (including phenoxy) is 2. The molecule has 2 heterocycles. The number of nitrogens with zero attached hydrogens (tertiary/aromatic N) is 1. The molecular weight excluding hydrogens is 275 g/mol. The van der Waals surface area contributed by atoms with E-state index < -0.39 is 18.0 Å². The Morgan fingerprint density at radius 3 is 2.76 bits per heavy atom. The van der Waals surface area contributed by atoms with Gasteiger partial charge in [-0.1, -0.05) is 12.1 Å². The molecule has 0 atom stereocenters. The SMILES string of the molecule is O=C(Nc1cccc(C2OCCO2)c1)c1ccc(F)cn1. The molecular formula is C15H13FN2O3. The fourth-order valence-electron chi connectivity index (χ4n) is 2.02. The highest BCUT2D eigenvalue weighted by molar-refractivity contribution is 6.02. The minimum Gasteiger partial charge on any atom is -0.346 e. The second-order valence-electron chi connectivity index (χ2n) is 4.51. The van der Waals surface area contributed by atoms with E-state index in [4.69, 9.17) is 9.47 Å². The van der Waals surface area contributed by atoms with Crippen molar-refractivity contribution in [1.82, 2.24) is 4.98 Å². The van der Waals surface area contributed by atoms with Crippen LogP contribution in [0.2, 0.25) is 0 Å². The lowest BCUT2D eigenvalue weighted by molar-refractivity contribution is -0.0440. The Bertz CT molecular complexity index is 640. The number of aromatic nitrogens is 1. The van der Waals surface area contributed by atoms with Crippen molar-refractivity contribution in [1.29, 1.82) is 0 Å². The number of rotatable bonds is 3. The predicted molar refractivity (Wildman–Crippen MR) is 73.2 cm³/mol. The molecule has 1 saturated heterocycles. The molecule has 0 aliphatic carbocycles. The van der Waals surface area contributed by atoms with Crippen LogP contribution < -0.4 is 5.32 Å². The van der Waals surface area contributed by atoms with Crippen molar-refractivity contribution in [2.24, 2.45) is 0 Å². The van der Waals surface area contributed by atoms with Gasteiger partial charge >= 0.3 is 0 Å². The van der Waals surface area contributed by atoms with Crippen LogP contribution in [-0.2, 0) is 9.47 Å². The quantitative estimate of drug-likeness (QED) is 0.942. The summed E-state index contributed by atoms with van der Waals surface area (Å²) in [6.07, 6.45) is 0.608. The van der Waals surface area contributed by atoms with Crippen molar-refractivity contribution >= 4 is 11.6 Å². The number of carbonyl (C=O) groups is 1. The van der Waals surface area contributed by atoms with Crippen LogP contribution in [0.4, 0.5) is 10.1 Å². The Morgan fingerprint density at radius 2 is 2.05 bits per heavy atom. The van der Waals surface area contributed by atoms with E-state index in [1.807, 2.05) is 6.07 Å². The molecule has 1 aromatic heterocycles. The molecule has 1 N–H and O–H groups in total. The van der Waals surface area contributed by atoms with Gasteiger partial charge < -0.3 is 14.8 Å². The van der Waals surface area contributed by atoms with Gasteiger partial charge in [0.2, 0.25) is 0 Å². The number of hydrogen-bond donors (Lipinski definition) is 1. The molecule has 2 aromatic rings. The van der Waals surface area contributed by atoms with Gasteiger partial charge in [-0.15, -0.1) is 0 Å². The number of anilines is 1. The summed E-state index contributed by atoms with van der Waals surface area (Å²) in [7, 11) is 0. The number of nitrogens with one attached hydrogen (secondary N) is 1. The van der Waals surface area contributed by atoms with Gasteiger partial charge in [0.1, 0.15) is 11.5 Å². The van der Waals surface area contributed by atoms with Crippen molar-refractivity contribution in [3.05, 3.63) is 59.7 Å². The maximum Gasteiger partial charge on any atom is 0.274 e. The lowest BCUT2D eigenvalue weighted by atomic mass is 10.2. The number of pyridine rings is 1. The molecule has 6 heteroatoms. The third kappa shape index (κ3) is 3.24. The molecule has 0 saturated carbocycles. The van der Waals surface area contributed by atoms with E-state index >= 15 is 0 Å². The first-order valence-electron chi connectivity index (χ1n) is 6.48. The topological polar surface area (TPSA) is 60.5 Å². The van der Waals surface area contributed by atoms with Gasteiger partial charge in [-0.3, -0.25) is 4.79 Å². The highest BCUT2D eigenvalue weighted by Gasteiger charge is 2.18. The zero-order chi connectivity index (χ0) is 14.7. The van der Waals surface area contributed by atoms with E-state index in [2.05, 4.69) is 10.3 Å². The maximum atomic E-state index is 12.8. The van der Waals surface area contributed by atoms with Gasteiger partial charge in [-0.2, -0.15) is 0 Å². The summed E-state index contributed by atoms with van der Waals surface area (Å²) in [5.41, 5.74) is 1.58. The van der Waals surface area contributed by atoms with E-state index in [9.17, 15) is 9.18 Å². The minimum absolute atomic E-state index is 0.148. The monoisotopic (exact) mass is 288 g/mol. The van der Waals surface area contributed by atoms with Crippen molar-refractivity contribution < 1.29 is 18.7 Å². The predicted octanol–water partition coefficient (Wildman–Crippen LogP) is 2.52. The smallest absolute Gasteiger partial charge is 0.274 e. The third-order valence-corrected chi connectivity index (χ3v) is 3.00. The van der Waals surface area contributed by atoms with E-state index in [1.165, 1.54) is 12.1 Å². The summed E-state index contributed by atoms with van der Waals surface area (Å²) in [4.78, 5) is 15.7. The average Bonchev–Trinajstić information content (AvgIpc) is 3.02. The van der Waals surface area contributed by atoms with Crippen LogP contribution in [0, 0.1) is 5.82 Å². The van der Waals surface area contributed by atoms with Gasteiger partial charge in [-0.05, 0) is 24.3 Å². The second kappa shape index (κ2) is 5.99. The van der Waals surface area contributed by atoms with Gasteiger partial charge in [0.05, 0.1) is 19.4 Å². The van der Waals surface area contributed by atoms with Crippen molar-refractivity contribution in [2.75, 3.05) is 18.5 Å². The lowest BCUT2D eigenvalue weighted by Gasteiger charge is -2.11. The average molecular weight is 288 g/mol. The largest absolute Gasteiger partial charge is 0.346 e. The molecule has 0 unspecified atom stereocenters. The Kier molecular flexibility index (Phi) is 3.89. The molecule has 0 radical (unpaired) electrons. The molecule has 3 rings (SSSR count). The Balaban J connectivity index is 1.73. The second-order valence-corrected chi connectivity index (χ2v) is 4.51. The number of halogens is 1. The summed E-state index contributed by atoms with van der Waals surface area (Å²) in [5.74, 6) is -0.885. The highest BCUT2D eigenvalue weighted by atomic mass is 19.1. The van der Waals surface area contributed by atoms with Crippen LogP contribution in [0.1, 0.15) is 22.3 Å². The molecule has 0 bridgehead atoms. The third-order valence-electron chi connectivity index (χ3n) is 3.00. The van der Waals surface area contributed by atoms with E-state index in [0.29, 0.717) is 18.9 Å². The van der Waals surface area contributed by atoms with E-state index in [-0.39, 0.29) is 5.69 Å². The van der Waals surface area contributed by atoms with Crippen LogP contribution in [0.5, 0.6) is 0 Å². The minimum atomic E-state index is -0.482. The fourth-order valence-corrected chi connectivity index (χ4v) is 2.02. The van der Waals surface area contributed by atoms with Gasteiger partial charge in [-0.25, -0.2) is 9.37 Å². The fraction of sp³-hybridized carbons (Fsp3) is 0.200. The van der Waals surface area contributed by atoms with E-state index in [1.54, 1.807) is 18.2 Å². The number of carbonyl (C=O) groups excluding carboxylic acids is 1. The van der Waals surface area contributed by atoms with Gasteiger partial charge in [0, 0.05) is 11.3 Å². The van der Waals surface area contributed by atoms with Crippen LogP contribution in [0.25, 0.3) is 0 Å². The zero-order valence-electron chi connectivity index (χ0n) is 11.1. The number of amides is 1. The first-order chi connectivity index (χ1) is 10.2. The Labute approximate surface area is 120 Å². The summed E-state index contributed by atoms with van der Waals surface area (Å²) < 4.78 is 23.6. The van der Waals surface area contributed by atoms with Crippen molar-refractivity contribution in [2.45, 2.75) is 6.29 Å². The summed E-state index contributed by atoms with van der Waals surface area (Å²) in [5, 5.41) is 2.71. The molecule has 0 spiro atoms. The summed E-state index contributed by atoms with van der Waals surface area (Å²) in [6.45, 7) is 1.11. The van der Waals surface area contributed by atoms with Crippen LogP contribution in [0.3, 0.4) is 0 Å². The highest BCUT2D eigenvalue weighted by Crippen LogP contribution is 2.25. The normalized spacial score (nSPS) is 15.1. The van der Waals surface area contributed by atoms with Crippen LogP contribution in [-0.4, -0.2) is 24.1 Å². The first-order valence-corrected chi connectivity index (χ1v) is 6.48. The Hall–Kier alpha value is -2.31. The van der Waals surface area contributed by atoms with Crippen molar-refractivity contribution in [3.8, 4) is 0 Å². The lowest BCUT2D eigenvalue weighted by Crippen LogP contribution is -2.14. The number of benzene rings is 1. The molecule has 1 aliphatic heterocycles. The van der Waals surface area contributed by atoms with Crippen molar-refractivity contribution in [3.63, 3.8) is 0 Å². The molecule has 21 heavy (non-hydrogen) atoms. The maximum absolute atomic E-state index is 12.8. The van der Waals surface area contributed by atoms with Crippen LogP contribution >= 0.6 is 0 Å². The first kappa shape index (κ1) is 13.7. The number of hydrogen-bond acceptors (Lipinski definition) is 4. The molecule has 5 nitrogen and oxygen atoms in total. The molecule has 1 aliphatic rings. The summed E-state index contributed by atoms with van der Waals surface area (Å²) in [6, 6.07) is 9.71. The van der Waals surface area contributed by atoms with Crippen LogP contribution in [0.15, 0.2) is 42.6 Å². The molecule has 1 fully saturated rings. The molecule has 1 aromatic carbocycles. The van der Waals surface area contributed by atoms with Gasteiger partial charge in [0.15, 0.2) is 6.29 Å². The van der Waals surface area contributed by atoms with E-state index in [0.717, 1.165) is 11.8 Å².